The van der Waals surface area contributed by atoms with E-state index in [1.165, 1.54) is 10.6 Å². The fourth-order valence-corrected chi connectivity index (χ4v) is 2.49. The summed E-state index contributed by atoms with van der Waals surface area (Å²) in [6.45, 7) is 0. The summed E-state index contributed by atoms with van der Waals surface area (Å²) in [4.78, 5) is 45.4. The van der Waals surface area contributed by atoms with Gasteiger partial charge in [0, 0.05) is 18.1 Å². The second kappa shape index (κ2) is 5.20. The van der Waals surface area contributed by atoms with Crippen molar-refractivity contribution in [3.8, 4) is 0 Å². The molecule has 8 heteroatoms. The second-order valence-corrected chi connectivity index (χ2v) is 5.20. The standard InChI is InChI=1S/C16H11N5O3/c22-14(10-8-17-13-3-1-2-6-21(13)15(10)23)18-9-4-5-11-12(7-9)20-16(24)19-11/h1-8H,(H,18,22)(H2,19,20,24). The van der Waals surface area contributed by atoms with Crippen LogP contribution in [0.25, 0.3) is 16.7 Å². The molecule has 0 spiro atoms. The number of amides is 1. The van der Waals surface area contributed by atoms with Crippen molar-refractivity contribution in [3.05, 3.63) is 75.2 Å². The molecule has 1 amide bonds. The van der Waals surface area contributed by atoms with Crippen molar-refractivity contribution in [1.82, 2.24) is 19.4 Å². The highest BCUT2D eigenvalue weighted by molar-refractivity contribution is 6.04. The minimum absolute atomic E-state index is 0.0682. The number of hydrogen-bond donors (Lipinski definition) is 3. The molecule has 0 aliphatic heterocycles. The summed E-state index contributed by atoms with van der Waals surface area (Å²) in [5, 5.41) is 2.64. The van der Waals surface area contributed by atoms with Crippen LogP contribution in [0, 0.1) is 0 Å². The third kappa shape index (κ3) is 2.26. The number of aromatic amines is 2. The van der Waals surface area contributed by atoms with E-state index < -0.39 is 11.5 Å². The Morgan fingerprint density at radius 3 is 2.79 bits per heavy atom. The Hall–Kier alpha value is -3.68. The Balaban J connectivity index is 1.71. The summed E-state index contributed by atoms with van der Waals surface area (Å²) in [5.41, 5.74) is 1.27. The minimum atomic E-state index is -0.567. The maximum Gasteiger partial charge on any atom is 0.323 e. The molecule has 0 unspecified atom stereocenters. The number of H-pyrrole nitrogens is 2. The van der Waals surface area contributed by atoms with Crippen molar-refractivity contribution in [1.29, 1.82) is 0 Å². The zero-order valence-corrected chi connectivity index (χ0v) is 12.2. The quantitative estimate of drug-likeness (QED) is 0.513. The number of imidazole rings is 1. The molecular weight excluding hydrogens is 310 g/mol. The molecular formula is C16H11N5O3. The number of carbonyl (C=O) groups excluding carboxylic acids is 1. The molecule has 0 atom stereocenters. The molecule has 0 saturated carbocycles. The zero-order valence-electron chi connectivity index (χ0n) is 12.2. The summed E-state index contributed by atoms with van der Waals surface area (Å²) in [5.74, 6) is -0.567. The van der Waals surface area contributed by atoms with Crippen LogP contribution in [-0.4, -0.2) is 25.3 Å². The molecule has 0 radical (unpaired) electrons. The summed E-state index contributed by atoms with van der Waals surface area (Å²) >= 11 is 0. The maximum absolute atomic E-state index is 12.4. The number of carbonyl (C=O) groups is 1. The lowest BCUT2D eigenvalue weighted by Gasteiger charge is -2.06. The van der Waals surface area contributed by atoms with Crippen LogP contribution in [0.1, 0.15) is 10.4 Å². The maximum atomic E-state index is 12.4. The zero-order chi connectivity index (χ0) is 16.7. The summed E-state index contributed by atoms with van der Waals surface area (Å²) in [7, 11) is 0. The van der Waals surface area contributed by atoms with Crippen molar-refractivity contribution in [3.63, 3.8) is 0 Å². The molecule has 4 aromatic rings. The summed E-state index contributed by atoms with van der Waals surface area (Å²) in [6.07, 6.45) is 2.81. The van der Waals surface area contributed by atoms with Crippen LogP contribution in [0.3, 0.4) is 0 Å². The third-order valence-corrected chi connectivity index (χ3v) is 3.63. The van der Waals surface area contributed by atoms with Crippen molar-refractivity contribution < 1.29 is 4.79 Å². The van der Waals surface area contributed by atoms with Crippen LogP contribution < -0.4 is 16.6 Å². The van der Waals surface area contributed by atoms with E-state index in [0.29, 0.717) is 22.4 Å². The van der Waals surface area contributed by atoms with E-state index in [4.69, 9.17) is 0 Å². The van der Waals surface area contributed by atoms with Gasteiger partial charge in [0.1, 0.15) is 11.2 Å². The molecule has 0 aliphatic rings. The smallest absolute Gasteiger partial charge is 0.322 e. The first-order chi connectivity index (χ1) is 11.6. The van der Waals surface area contributed by atoms with Crippen LogP contribution in [0.4, 0.5) is 5.69 Å². The van der Waals surface area contributed by atoms with E-state index in [-0.39, 0.29) is 11.3 Å². The van der Waals surface area contributed by atoms with Crippen molar-refractivity contribution in [2.75, 3.05) is 5.32 Å². The molecule has 3 N–H and O–H groups in total. The van der Waals surface area contributed by atoms with Crippen molar-refractivity contribution in [2.24, 2.45) is 0 Å². The first-order valence-corrected chi connectivity index (χ1v) is 7.11. The van der Waals surface area contributed by atoms with Gasteiger partial charge in [-0.3, -0.25) is 14.0 Å². The predicted molar refractivity (Wildman–Crippen MR) is 88.3 cm³/mol. The van der Waals surface area contributed by atoms with Crippen LogP contribution in [-0.2, 0) is 0 Å². The Morgan fingerprint density at radius 1 is 1.08 bits per heavy atom. The minimum Gasteiger partial charge on any atom is -0.322 e. The first kappa shape index (κ1) is 13.9. The van der Waals surface area contributed by atoms with Gasteiger partial charge in [0.15, 0.2) is 0 Å². The number of hydrogen-bond acceptors (Lipinski definition) is 4. The Kier molecular flexibility index (Phi) is 3.02. The van der Waals surface area contributed by atoms with Gasteiger partial charge in [-0.1, -0.05) is 6.07 Å². The molecule has 0 aliphatic carbocycles. The third-order valence-electron chi connectivity index (χ3n) is 3.63. The van der Waals surface area contributed by atoms with Gasteiger partial charge < -0.3 is 15.3 Å². The fourth-order valence-electron chi connectivity index (χ4n) is 2.49. The lowest BCUT2D eigenvalue weighted by molar-refractivity contribution is 0.102. The number of rotatable bonds is 2. The van der Waals surface area contributed by atoms with Gasteiger partial charge in [-0.2, -0.15) is 0 Å². The largest absolute Gasteiger partial charge is 0.323 e. The number of anilines is 1. The highest BCUT2D eigenvalue weighted by Gasteiger charge is 2.13. The van der Waals surface area contributed by atoms with E-state index in [1.54, 1.807) is 42.6 Å². The molecule has 0 saturated heterocycles. The highest BCUT2D eigenvalue weighted by Crippen LogP contribution is 2.15. The highest BCUT2D eigenvalue weighted by atomic mass is 16.2. The molecule has 24 heavy (non-hydrogen) atoms. The van der Waals surface area contributed by atoms with Gasteiger partial charge in [-0.05, 0) is 30.3 Å². The number of benzene rings is 1. The van der Waals surface area contributed by atoms with Gasteiger partial charge in [0.2, 0.25) is 0 Å². The first-order valence-electron chi connectivity index (χ1n) is 7.11. The van der Waals surface area contributed by atoms with Crippen LogP contribution in [0.2, 0.25) is 0 Å². The molecule has 3 aromatic heterocycles. The van der Waals surface area contributed by atoms with Crippen molar-refractivity contribution in [2.45, 2.75) is 0 Å². The van der Waals surface area contributed by atoms with Crippen LogP contribution in [0.5, 0.6) is 0 Å². The number of aromatic nitrogens is 4. The number of nitrogens with zero attached hydrogens (tertiary/aromatic N) is 2. The van der Waals surface area contributed by atoms with Crippen LogP contribution in [0.15, 0.2) is 58.4 Å². The van der Waals surface area contributed by atoms with Gasteiger partial charge in [0.25, 0.3) is 11.5 Å². The Labute approximate surface area is 133 Å². The normalized spacial score (nSPS) is 11.0. The van der Waals surface area contributed by atoms with Crippen molar-refractivity contribution >= 4 is 28.3 Å². The average molecular weight is 321 g/mol. The molecule has 8 nitrogen and oxygen atoms in total. The lowest BCUT2D eigenvalue weighted by Crippen LogP contribution is -2.26. The average Bonchev–Trinajstić information content (AvgIpc) is 2.94. The molecule has 0 fully saturated rings. The SMILES string of the molecule is O=C(Nc1ccc2[nH]c(=O)[nH]c2c1)c1cnc2ccccn2c1=O. The molecule has 118 valence electrons. The van der Waals surface area contributed by atoms with E-state index in [9.17, 15) is 14.4 Å². The number of pyridine rings is 1. The predicted octanol–water partition coefficient (Wildman–Crippen LogP) is 1.12. The fraction of sp³-hybridized carbons (Fsp3) is 0. The lowest BCUT2D eigenvalue weighted by atomic mass is 10.2. The van der Waals surface area contributed by atoms with E-state index in [1.807, 2.05) is 0 Å². The molecule has 0 bridgehead atoms. The van der Waals surface area contributed by atoms with Gasteiger partial charge in [-0.25, -0.2) is 9.78 Å². The number of fused-ring (bicyclic) bond motifs is 2. The van der Waals surface area contributed by atoms with Gasteiger partial charge in [-0.15, -0.1) is 0 Å². The molecule has 3 heterocycles. The molecule has 1 aromatic carbocycles. The topological polar surface area (TPSA) is 112 Å². The summed E-state index contributed by atoms with van der Waals surface area (Å²) < 4.78 is 1.31. The van der Waals surface area contributed by atoms with Crippen LogP contribution >= 0.6 is 0 Å². The molecule has 4 rings (SSSR count). The second-order valence-electron chi connectivity index (χ2n) is 5.20. The van der Waals surface area contributed by atoms with E-state index in [2.05, 4.69) is 20.3 Å². The Morgan fingerprint density at radius 2 is 1.92 bits per heavy atom. The Bertz CT molecular complexity index is 1200. The van der Waals surface area contributed by atoms with Gasteiger partial charge >= 0.3 is 5.69 Å². The summed E-state index contributed by atoms with van der Waals surface area (Å²) in [6, 6.07) is 10.0. The van der Waals surface area contributed by atoms with E-state index >= 15 is 0 Å². The van der Waals surface area contributed by atoms with E-state index in [0.717, 1.165) is 0 Å². The number of nitrogens with one attached hydrogen (secondary N) is 3. The van der Waals surface area contributed by atoms with Gasteiger partial charge in [0.05, 0.1) is 11.0 Å². The monoisotopic (exact) mass is 321 g/mol.